The highest BCUT2D eigenvalue weighted by atomic mass is 32.2. The highest BCUT2D eigenvalue weighted by Gasteiger charge is 2.31. The van der Waals surface area contributed by atoms with E-state index in [0.29, 0.717) is 12.2 Å². The number of benzene rings is 1. The summed E-state index contributed by atoms with van der Waals surface area (Å²) in [4.78, 5) is 25.7. The van der Waals surface area contributed by atoms with E-state index in [1.807, 2.05) is 6.26 Å². The van der Waals surface area contributed by atoms with Crippen molar-refractivity contribution in [2.24, 2.45) is 0 Å². The van der Waals surface area contributed by atoms with Gasteiger partial charge in [0.15, 0.2) is 0 Å². The summed E-state index contributed by atoms with van der Waals surface area (Å²) >= 11 is 1.55. The third-order valence-electron chi connectivity index (χ3n) is 4.37. The molecule has 1 aliphatic heterocycles. The molecule has 1 aliphatic rings. The number of rotatable bonds is 7. The molecule has 2 rings (SSSR count). The zero-order valence-electron chi connectivity index (χ0n) is 15.8. The fourth-order valence-corrected chi connectivity index (χ4v) is 4.65. The van der Waals surface area contributed by atoms with Crippen molar-refractivity contribution in [3.63, 3.8) is 0 Å². The number of esters is 1. The first kappa shape index (κ1) is 22.4. The van der Waals surface area contributed by atoms with Crippen molar-refractivity contribution in [3.05, 3.63) is 30.1 Å². The number of sulfonamides is 1. The molecule has 0 saturated carbocycles. The van der Waals surface area contributed by atoms with Crippen LogP contribution in [0, 0.1) is 5.82 Å². The number of nitrogens with zero attached hydrogens (tertiary/aromatic N) is 2. The van der Waals surface area contributed by atoms with E-state index in [1.165, 1.54) is 28.4 Å². The second-order valence-corrected chi connectivity index (χ2v) is 9.08. The standard InChI is InChI=1S/C17H24FN3O5S2/c1-26-16(22)15(7-12-27-2)19-17(23)20-8-10-21(11-9-20)28(24,25)14-5-3-13(18)4-6-14/h3-6,15H,7-12H2,1-2H3,(H,19,23)/t15-/m1/s1. The topological polar surface area (TPSA) is 96.0 Å². The molecule has 1 saturated heterocycles. The largest absolute Gasteiger partial charge is 0.467 e. The van der Waals surface area contributed by atoms with E-state index in [9.17, 15) is 22.4 Å². The van der Waals surface area contributed by atoms with Gasteiger partial charge in [0.2, 0.25) is 10.0 Å². The first-order chi connectivity index (χ1) is 13.3. The molecule has 0 aromatic heterocycles. The number of ether oxygens (including phenoxy) is 1. The zero-order valence-corrected chi connectivity index (χ0v) is 17.4. The van der Waals surface area contributed by atoms with Crippen LogP contribution in [0.4, 0.5) is 9.18 Å². The number of methoxy groups -OCH3 is 1. The van der Waals surface area contributed by atoms with Crippen LogP contribution in [0.3, 0.4) is 0 Å². The first-order valence-electron chi connectivity index (χ1n) is 8.67. The molecule has 1 atom stereocenters. The minimum atomic E-state index is -3.75. The van der Waals surface area contributed by atoms with Crippen LogP contribution in [0.15, 0.2) is 29.2 Å². The molecular formula is C17H24FN3O5S2. The Morgan fingerprint density at radius 1 is 1.21 bits per heavy atom. The highest BCUT2D eigenvalue weighted by Crippen LogP contribution is 2.18. The third-order valence-corrected chi connectivity index (χ3v) is 6.93. The summed E-state index contributed by atoms with van der Waals surface area (Å²) in [5, 5.41) is 2.65. The molecule has 0 bridgehead atoms. The van der Waals surface area contributed by atoms with E-state index < -0.39 is 33.9 Å². The quantitative estimate of drug-likeness (QED) is 0.648. The summed E-state index contributed by atoms with van der Waals surface area (Å²) in [5.41, 5.74) is 0. The molecule has 8 nitrogen and oxygen atoms in total. The molecule has 0 radical (unpaired) electrons. The van der Waals surface area contributed by atoms with Gasteiger partial charge in [-0.25, -0.2) is 22.4 Å². The minimum Gasteiger partial charge on any atom is -0.467 e. The van der Waals surface area contributed by atoms with Crippen LogP contribution < -0.4 is 5.32 Å². The predicted molar refractivity (Wildman–Crippen MR) is 104 cm³/mol. The zero-order chi connectivity index (χ0) is 20.7. The van der Waals surface area contributed by atoms with E-state index in [0.717, 1.165) is 12.1 Å². The lowest BCUT2D eigenvalue weighted by Crippen LogP contribution is -2.55. The molecule has 0 spiro atoms. The molecule has 1 N–H and O–H groups in total. The minimum absolute atomic E-state index is 0.00891. The molecule has 1 aromatic rings. The van der Waals surface area contributed by atoms with Gasteiger partial charge in [0, 0.05) is 26.2 Å². The smallest absolute Gasteiger partial charge is 0.328 e. The van der Waals surface area contributed by atoms with Crippen LogP contribution in [-0.4, -0.2) is 81.0 Å². The molecule has 2 amide bonds. The van der Waals surface area contributed by atoms with E-state index in [-0.39, 0.29) is 31.1 Å². The van der Waals surface area contributed by atoms with Gasteiger partial charge in [-0.15, -0.1) is 0 Å². The number of nitrogens with one attached hydrogen (secondary N) is 1. The Morgan fingerprint density at radius 3 is 2.36 bits per heavy atom. The highest BCUT2D eigenvalue weighted by molar-refractivity contribution is 7.98. The molecule has 11 heteroatoms. The average molecular weight is 434 g/mol. The Labute approximate surface area is 168 Å². The van der Waals surface area contributed by atoms with Gasteiger partial charge >= 0.3 is 12.0 Å². The number of amides is 2. The van der Waals surface area contributed by atoms with E-state index in [2.05, 4.69) is 5.32 Å². The number of carbonyl (C=O) groups excluding carboxylic acids is 2. The van der Waals surface area contributed by atoms with Crippen molar-refractivity contribution in [1.29, 1.82) is 0 Å². The number of hydrogen-bond donors (Lipinski definition) is 1. The summed E-state index contributed by atoms with van der Waals surface area (Å²) < 4.78 is 44.2. The van der Waals surface area contributed by atoms with Crippen molar-refractivity contribution in [2.45, 2.75) is 17.4 Å². The summed E-state index contributed by atoms with van der Waals surface area (Å²) in [5.74, 6) is -0.342. The molecule has 1 aromatic carbocycles. The van der Waals surface area contributed by atoms with Crippen molar-refractivity contribution in [2.75, 3.05) is 45.3 Å². The Morgan fingerprint density at radius 2 is 1.82 bits per heavy atom. The first-order valence-corrected chi connectivity index (χ1v) is 11.5. The number of thioether (sulfide) groups is 1. The molecular weight excluding hydrogens is 409 g/mol. The number of halogens is 1. The Kier molecular flexibility index (Phi) is 8.08. The number of piperazine rings is 1. The number of urea groups is 1. The maximum Gasteiger partial charge on any atom is 0.328 e. The summed E-state index contributed by atoms with van der Waals surface area (Å²) in [7, 11) is -2.49. The Balaban J connectivity index is 1.95. The van der Waals surface area contributed by atoms with Crippen LogP contribution in [-0.2, 0) is 19.6 Å². The van der Waals surface area contributed by atoms with Gasteiger partial charge in [0.05, 0.1) is 12.0 Å². The predicted octanol–water partition coefficient (Wildman–Crippen LogP) is 1.14. The van der Waals surface area contributed by atoms with Gasteiger partial charge in [0.1, 0.15) is 11.9 Å². The Bertz CT molecular complexity index is 780. The molecule has 0 aliphatic carbocycles. The van der Waals surface area contributed by atoms with Gasteiger partial charge in [-0.1, -0.05) is 0 Å². The lowest BCUT2D eigenvalue weighted by atomic mass is 10.2. The van der Waals surface area contributed by atoms with Gasteiger partial charge < -0.3 is 15.0 Å². The van der Waals surface area contributed by atoms with Crippen molar-refractivity contribution < 1.29 is 27.1 Å². The van der Waals surface area contributed by atoms with Crippen LogP contribution in [0.2, 0.25) is 0 Å². The summed E-state index contributed by atoms with van der Waals surface area (Å²) in [6.45, 7) is 0.590. The lowest BCUT2D eigenvalue weighted by molar-refractivity contribution is -0.142. The van der Waals surface area contributed by atoms with Crippen LogP contribution in [0.1, 0.15) is 6.42 Å². The van der Waals surface area contributed by atoms with E-state index in [4.69, 9.17) is 4.74 Å². The van der Waals surface area contributed by atoms with Crippen molar-refractivity contribution in [3.8, 4) is 0 Å². The fraction of sp³-hybridized carbons (Fsp3) is 0.529. The van der Waals surface area contributed by atoms with Crippen LogP contribution in [0.25, 0.3) is 0 Å². The molecule has 156 valence electrons. The second-order valence-electron chi connectivity index (χ2n) is 6.15. The summed E-state index contributed by atoms with van der Waals surface area (Å²) in [6.07, 6.45) is 2.34. The molecule has 28 heavy (non-hydrogen) atoms. The SMILES string of the molecule is COC(=O)[C@@H](CCSC)NC(=O)N1CCN(S(=O)(=O)c2ccc(F)cc2)CC1. The maximum absolute atomic E-state index is 13.0. The van der Waals surface area contributed by atoms with Crippen molar-refractivity contribution in [1.82, 2.24) is 14.5 Å². The number of hydrogen-bond acceptors (Lipinski definition) is 6. The molecule has 0 unspecified atom stereocenters. The van der Waals surface area contributed by atoms with E-state index >= 15 is 0 Å². The fourth-order valence-electron chi connectivity index (χ4n) is 2.75. The van der Waals surface area contributed by atoms with Gasteiger partial charge in [0.25, 0.3) is 0 Å². The molecule has 1 fully saturated rings. The summed E-state index contributed by atoms with van der Waals surface area (Å²) in [6, 6.07) is 3.45. The third kappa shape index (κ3) is 5.58. The second kappa shape index (κ2) is 10.1. The van der Waals surface area contributed by atoms with E-state index in [1.54, 1.807) is 11.8 Å². The van der Waals surface area contributed by atoms with Gasteiger partial charge in [-0.3, -0.25) is 0 Å². The monoisotopic (exact) mass is 433 g/mol. The number of carbonyl (C=O) groups is 2. The maximum atomic E-state index is 13.0. The average Bonchev–Trinajstić information content (AvgIpc) is 2.70. The normalized spacial score (nSPS) is 16.5. The van der Waals surface area contributed by atoms with Crippen LogP contribution >= 0.6 is 11.8 Å². The van der Waals surface area contributed by atoms with Crippen molar-refractivity contribution >= 4 is 33.8 Å². The lowest BCUT2D eigenvalue weighted by Gasteiger charge is -2.34. The van der Waals surface area contributed by atoms with Gasteiger partial charge in [-0.2, -0.15) is 16.1 Å². The van der Waals surface area contributed by atoms with Crippen LogP contribution in [0.5, 0.6) is 0 Å². The molecule has 1 heterocycles. The Hall–Kier alpha value is -1.85. The van der Waals surface area contributed by atoms with Gasteiger partial charge in [-0.05, 0) is 42.7 Å².